The quantitative estimate of drug-likeness (QED) is 0.477. The van der Waals surface area contributed by atoms with Gasteiger partial charge in [0.2, 0.25) is 0 Å². The minimum atomic E-state index is -0.970. The highest BCUT2D eigenvalue weighted by molar-refractivity contribution is 7.20. The number of rotatable bonds is 9. The smallest absolute Gasteiger partial charge is 0.264 e. The van der Waals surface area contributed by atoms with Crippen LogP contribution in [0.4, 0.5) is 5.82 Å². The van der Waals surface area contributed by atoms with Crippen molar-refractivity contribution in [1.29, 1.82) is 0 Å². The van der Waals surface area contributed by atoms with Crippen LogP contribution in [-0.2, 0) is 6.42 Å². The summed E-state index contributed by atoms with van der Waals surface area (Å²) in [6, 6.07) is 7.92. The monoisotopic (exact) mass is 430 g/mol. The summed E-state index contributed by atoms with van der Waals surface area (Å²) in [4.78, 5) is 24.2. The molecule has 30 heavy (non-hydrogen) atoms. The van der Waals surface area contributed by atoms with Crippen molar-refractivity contribution >= 4 is 33.3 Å². The summed E-state index contributed by atoms with van der Waals surface area (Å²) in [5, 5.41) is 22.8. The van der Waals surface area contributed by atoms with Gasteiger partial charge < -0.3 is 25.2 Å². The van der Waals surface area contributed by atoms with Crippen LogP contribution in [0, 0.1) is 6.92 Å². The molecule has 0 radical (unpaired) electrons. The fourth-order valence-electron chi connectivity index (χ4n) is 3.19. The average molecular weight is 431 g/mol. The summed E-state index contributed by atoms with van der Waals surface area (Å²) in [7, 11) is 3.25. The lowest BCUT2D eigenvalue weighted by atomic mass is 10.1. The zero-order valence-electron chi connectivity index (χ0n) is 17.3. The van der Waals surface area contributed by atoms with Crippen molar-refractivity contribution in [2.24, 2.45) is 0 Å². The number of carbonyl (C=O) groups is 1. The van der Waals surface area contributed by atoms with E-state index in [1.54, 1.807) is 14.2 Å². The van der Waals surface area contributed by atoms with Crippen molar-refractivity contribution < 1.29 is 19.7 Å². The summed E-state index contributed by atoms with van der Waals surface area (Å²) in [6.07, 6.45) is 1.31. The van der Waals surface area contributed by atoms with E-state index in [2.05, 4.69) is 15.3 Å². The molecule has 0 aliphatic carbocycles. The van der Waals surface area contributed by atoms with Crippen molar-refractivity contribution in [2.75, 3.05) is 39.2 Å². The van der Waals surface area contributed by atoms with Gasteiger partial charge in [-0.25, -0.2) is 9.97 Å². The standard InChI is InChI=1S/C21H26N4O4S/c1-13-17-19(22-8-7-14-5-4-6-16(9-14)29-3)23-12-24-20(17)30-18(13)21(28)25(2)10-15(27)11-26/h4-6,9,12,15,26-27H,7-8,10-11H2,1-3H3,(H,22,23,24)/t15-/m0/s1. The Morgan fingerprint density at radius 3 is 2.90 bits per heavy atom. The summed E-state index contributed by atoms with van der Waals surface area (Å²) in [5.74, 6) is 1.29. The van der Waals surface area contributed by atoms with E-state index in [4.69, 9.17) is 9.84 Å². The van der Waals surface area contributed by atoms with Gasteiger partial charge in [-0.1, -0.05) is 12.1 Å². The van der Waals surface area contributed by atoms with E-state index in [0.29, 0.717) is 17.2 Å². The summed E-state index contributed by atoms with van der Waals surface area (Å²) < 4.78 is 5.26. The van der Waals surface area contributed by atoms with E-state index in [1.807, 2.05) is 31.2 Å². The molecular weight excluding hydrogens is 404 g/mol. The predicted molar refractivity (Wildman–Crippen MR) is 117 cm³/mol. The van der Waals surface area contributed by atoms with Crippen molar-refractivity contribution in [3.8, 4) is 5.75 Å². The Morgan fingerprint density at radius 1 is 1.37 bits per heavy atom. The molecule has 1 aromatic carbocycles. The second-order valence-corrected chi connectivity index (χ2v) is 8.01. The number of hydrogen-bond acceptors (Lipinski definition) is 8. The second-order valence-electron chi connectivity index (χ2n) is 7.01. The van der Waals surface area contributed by atoms with Crippen LogP contribution >= 0.6 is 11.3 Å². The number of benzene rings is 1. The number of hydrogen-bond donors (Lipinski definition) is 3. The lowest BCUT2D eigenvalue weighted by Gasteiger charge is -2.19. The molecule has 0 aliphatic rings. The van der Waals surface area contributed by atoms with E-state index in [1.165, 1.54) is 22.6 Å². The van der Waals surface area contributed by atoms with E-state index in [0.717, 1.165) is 33.5 Å². The molecule has 0 unspecified atom stereocenters. The number of likely N-dealkylation sites (N-methyl/N-ethyl adjacent to an activating group) is 1. The van der Waals surface area contributed by atoms with E-state index in [-0.39, 0.29) is 12.5 Å². The number of fused-ring (bicyclic) bond motifs is 1. The molecule has 0 aliphatic heterocycles. The summed E-state index contributed by atoms with van der Waals surface area (Å²) >= 11 is 1.30. The largest absolute Gasteiger partial charge is 0.497 e. The molecule has 0 spiro atoms. The number of aliphatic hydroxyl groups excluding tert-OH is 2. The average Bonchev–Trinajstić information content (AvgIpc) is 3.10. The van der Waals surface area contributed by atoms with Gasteiger partial charge in [-0.05, 0) is 36.6 Å². The van der Waals surface area contributed by atoms with Crippen LogP contribution in [0.1, 0.15) is 20.8 Å². The summed E-state index contributed by atoms with van der Waals surface area (Å²) in [6.45, 7) is 2.20. The number of thiophene rings is 1. The van der Waals surface area contributed by atoms with E-state index >= 15 is 0 Å². The number of methoxy groups -OCH3 is 1. The van der Waals surface area contributed by atoms with Crippen molar-refractivity contribution in [2.45, 2.75) is 19.4 Å². The maximum atomic E-state index is 12.8. The minimum Gasteiger partial charge on any atom is -0.497 e. The number of anilines is 1. The molecule has 0 saturated heterocycles. The first-order valence-corrected chi connectivity index (χ1v) is 10.4. The number of aliphatic hydroxyl groups is 2. The Balaban J connectivity index is 1.77. The number of aryl methyl sites for hydroxylation is 1. The third kappa shape index (κ3) is 4.86. The van der Waals surface area contributed by atoms with Gasteiger partial charge in [-0.15, -0.1) is 11.3 Å². The van der Waals surface area contributed by atoms with Gasteiger partial charge in [0.15, 0.2) is 0 Å². The van der Waals surface area contributed by atoms with Crippen LogP contribution in [0.15, 0.2) is 30.6 Å². The fourth-order valence-corrected chi connectivity index (χ4v) is 4.34. The number of amides is 1. The lowest BCUT2D eigenvalue weighted by Crippen LogP contribution is -2.35. The first-order valence-electron chi connectivity index (χ1n) is 9.59. The molecule has 2 heterocycles. The first kappa shape index (κ1) is 21.9. The first-order chi connectivity index (χ1) is 14.4. The van der Waals surface area contributed by atoms with Gasteiger partial charge >= 0.3 is 0 Å². The fraction of sp³-hybridized carbons (Fsp3) is 0.381. The van der Waals surface area contributed by atoms with Crippen LogP contribution < -0.4 is 10.1 Å². The number of nitrogens with one attached hydrogen (secondary N) is 1. The molecule has 0 saturated carbocycles. The molecule has 0 bridgehead atoms. The molecule has 160 valence electrons. The van der Waals surface area contributed by atoms with Gasteiger partial charge in [0, 0.05) is 20.1 Å². The van der Waals surface area contributed by atoms with Gasteiger partial charge in [0.25, 0.3) is 5.91 Å². The van der Waals surface area contributed by atoms with Gasteiger partial charge in [0.05, 0.1) is 30.1 Å². The molecule has 9 heteroatoms. The molecule has 3 rings (SSSR count). The molecule has 8 nitrogen and oxygen atoms in total. The Bertz CT molecular complexity index is 1020. The molecule has 3 aromatic rings. The Kier molecular flexibility index (Phi) is 7.20. The lowest BCUT2D eigenvalue weighted by molar-refractivity contribution is 0.0523. The van der Waals surface area contributed by atoms with Crippen LogP contribution in [-0.4, -0.2) is 70.9 Å². The van der Waals surface area contributed by atoms with Gasteiger partial charge in [0.1, 0.15) is 22.7 Å². The Morgan fingerprint density at radius 2 is 2.17 bits per heavy atom. The number of aromatic nitrogens is 2. The number of carbonyl (C=O) groups excluding carboxylic acids is 1. The predicted octanol–water partition coefficient (Wildman–Crippen LogP) is 2.09. The Hall–Kier alpha value is -2.75. The maximum Gasteiger partial charge on any atom is 0.264 e. The SMILES string of the molecule is COc1cccc(CCNc2ncnc3sc(C(=O)N(C)C[C@H](O)CO)c(C)c23)c1. The van der Waals surface area contributed by atoms with Crippen molar-refractivity contribution in [1.82, 2.24) is 14.9 Å². The zero-order chi connectivity index (χ0) is 21.7. The van der Waals surface area contributed by atoms with E-state index in [9.17, 15) is 9.90 Å². The maximum absolute atomic E-state index is 12.8. The second kappa shape index (κ2) is 9.84. The number of nitrogens with zero attached hydrogens (tertiary/aromatic N) is 3. The van der Waals surface area contributed by atoms with Gasteiger partial charge in [-0.3, -0.25) is 4.79 Å². The molecular formula is C21H26N4O4S. The van der Waals surface area contributed by atoms with Crippen LogP contribution in [0.3, 0.4) is 0 Å². The molecule has 1 amide bonds. The third-order valence-corrected chi connectivity index (χ3v) is 5.99. The Labute approximate surface area is 179 Å². The van der Waals surface area contributed by atoms with Crippen LogP contribution in [0.5, 0.6) is 5.75 Å². The molecule has 0 fully saturated rings. The normalized spacial score (nSPS) is 12.0. The molecule has 2 aromatic heterocycles. The third-order valence-electron chi connectivity index (χ3n) is 4.80. The highest BCUT2D eigenvalue weighted by Crippen LogP contribution is 2.33. The van der Waals surface area contributed by atoms with Gasteiger partial charge in [-0.2, -0.15) is 0 Å². The highest BCUT2D eigenvalue weighted by atomic mass is 32.1. The van der Waals surface area contributed by atoms with Crippen LogP contribution in [0.25, 0.3) is 10.2 Å². The minimum absolute atomic E-state index is 0.0559. The molecule has 1 atom stereocenters. The topological polar surface area (TPSA) is 108 Å². The van der Waals surface area contributed by atoms with Crippen molar-refractivity contribution in [3.05, 3.63) is 46.6 Å². The zero-order valence-corrected chi connectivity index (χ0v) is 18.1. The summed E-state index contributed by atoms with van der Waals surface area (Å²) in [5.41, 5.74) is 1.95. The highest BCUT2D eigenvalue weighted by Gasteiger charge is 2.23. The van der Waals surface area contributed by atoms with Crippen molar-refractivity contribution in [3.63, 3.8) is 0 Å². The van der Waals surface area contributed by atoms with Crippen LogP contribution in [0.2, 0.25) is 0 Å². The van der Waals surface area contributed by atoms with E-state index < -0.39 is 12.7 Å². The number of ether oxygens (including phenoxy) is 1. The molecule has 3 N–H and O–H groups in total.